The van der Waals surface area contributed by atoms with Crippen LogP contribution < -0.4 is 14.4 Å². The van der Waals surface area contributed by atoms with Gasteiger partial charge in [-0.2, -0.15) is 0 Å². The van der Waals surface area contributed by atoms with Crippen molar-refractivity contribution in [2.75, 3.05) is 25.0 Å². The monoisotopic (exact) mass is 607 g/mol. The van der Waals surface area contributed by atoms with Crippen molar-refractivity contribution in [2.45, 2.75) is 24.4 Å². The Bertz CT molecular complexity index is 1350. The summed E-state index contributed by atoms with van der Waals surface area (Å²) in [4.78, 5) is 27.6. The van der Waals surface area contributed by atoms with Crippen LogP contribution in [0.5, 0.6) is 5.75 Å². The van der Waals surface area contributed by atoms with E-state index < -0.39 is 28.5 Å². The van der Waals surface area contributed by atoms with E-state index in [1.807, 2.05) is 24.3 Å². The van der Waals surface area contributed by atoms with Gasteiger partial charge in [0.25, 0.3) is 10.0 Å². The zero-order chi connectivity index (χ0) is 27.2. The summed E-state index contributed by atoms with van der Waals surface area (Å²) >= 11 is 9.69. The van der Waals surface area contributed by atoms with E-state index in [2.05, 4.69) is 21.2 Å². The standard InChI is InChI=1S/C26H27BrClN3O5S/c1-18(26(33)29-2)30(16-19-9-11-20(27)12-10-19)25(32)17-31(21-13-14-24(36-3)23(28)15-21)37(34,35)22-7-5-4-6-8-22/h4-15,18H,16-17H2,1-3H3,(H,29,33)/t18-/m0/s1. The molecule has 3 aromatic rings. The normalized spacial score (nSPS) is 11.9. The SMILES string of the molecule is CNC(=O)[C@H](C)N(Cc1ccc(Br)cc1)C(=O)CN(c1ccc(OC)c(Cl)c1)S(=O)(=O)c1ccccc1. The maximum atomic E-state index is 13.7. The van der Waals surface area contributed by atoms with Crippen molar-refractivity contribution in [3.05, 3.63) is 87.9 Å². The first-order valence-corrected chi connectivity index (χ1v) is 13.9. The van der Waals surface area contributed by atoms with Crippen molar-refractivity contribution in [1.29, 1.82) is 0 Å². The Morgan fingerprint density at radius 3 is 2.27 bits per heavy atom. The van der Waals surface area contributed by atoms with Crippen LogP contribution in [-0.2, 0) is 26.2 Å². The third kappa shape index (κ3) is 6.82. The fraction of sp³-hybridized carbons (Fsp3) is 0.231. The molecule has 2 amide bonds. The first-order chi connectivity index (χ1) is 17.6. The number of likely N-dealkylation sites (N-methyl/N-ethyl adjacent to an activating group) is 1. The molecule has 0 aliphatic rings. The van der Waals surface area contributed by atoms with Gasteiger partial charge in [0.05, 0.1) is 22.7 Å². The number of anilines is 1. The molecule has 0 saturated carbocycles. The summed E-state index contributed by atoms with van der Waals surface area (Å²) in [6.45, 7) is 1.14. The molecule has 1 atom stereocenters. The summed E-state index contributed by atoms with van der Waals surface area (Å²) in [5.74, 6) is -0.584. The van der Waals surface area contributed by atoms with Crippen LogP contribution in [-0.4, -0.2) is 51.9 Å². The van der Waals surface area contributed by atoms with E-state index in [4.69, 9.17) is 16.3 Å². The van der Waals surface area contributed by atoms with Gasteiger partial charge in [-0.05, 0) is 55.0 Å². The molecule has 37 heavy (non-hydrogen) atoms. The molecule has 0 aliphatic heterocycles. The van der Waals surface area contributed by atoms with Crippen LogP contribution in [0.1, 0.15) is 12.5 Å². The van der Waals surface area contributed by atoms with Gasteiger partial charge < -0.3 is 15.0 Å². The summed E-state index contributed by atoms with van der Waals surface area (Å²) < 4.78 is 34.5. The average Bonchev–Trinajstić information content (AvgIpc) is 2.90. The number of halogens is 2. The van der Waals surface area contributed by atoms with Gasteiger partial charge in [-0.3, -0.25) is 13.9 Å². The molecule has 0 heterocycles. The van der Waals surface area contributed by atoms with Crippen LogP contribution in [0.3, 0.4) is 0 Å². The van der Waals surface area contributed by atoms with Gasteiger partial charge in [-0.15, -0.1) is 0 Å². The fourth-order valence-electron chi connectivity index (χ4n) is 3.64. The molecule has 0 fully saturated rings. The molecule has 0 spiro atoms. The van der Waals surface area contributed by atoms with Crippen LogP contribution in [0, 0.1) is 0 Å². The minimum atomic E-state index is -4.17. The molecular weight excluding hydrogens is 582 g/mol. The lowest BCUT2D eigenvalue weighted by atomic mass is 10.1. The first-order valence-electron chi connectivity index (χ1n) is 11.2. The summed E-state index contributed by atoms with van der Waals surface area (Å²) in [5, 5.41) is 2.74. The van der Waals surface area contributed by atoms with E-state index in [0.717, 1.165) is 14.3 Å². The van der Waals surface area contributed by atoms with E-state index in [0.29, 0.717) is 5.75 Å². The number of carbonyl (C=O) groups excluding carboxylic acids is 2. The smallest absolute Gasteiger partial charge is 0.264 e. The number of amides is 2. The largest absolute Gasteiger partial charge is 0.495 e. The van der Waals surface area contributed by atoms with E-state index in [-0.39, 0.29) is 28.1 Å². The Hall–Kier alpha value is -3.08. The molecule has 0 aliphatic carbocycles. The molecule has 8 nitrogen and oxygen atoms in total. The number of rotatable bonds is 10. The second-order valence-electron chi connectivity index (χ2n) is 8.08. The summed E-state index contributed by atoms with van der Waals surface area (Å²) in [6, 6.07) is 18.7. The Morgan fingerprint density at radius 1 is 1.05 bits per heavy atom. The first kappa shape index (κ1) is 28.5. The quantitative estimate of drug-likeness (QED) is 0.367. The number of benzene rings is 3. The molecule has 0 saturated heterocycles. The second-order valence-corrected chi connectivity index (χ2v) is 11.3. The molecule has 0 radical (unpaired) electrons. The number of sulfonamides is 1. The highest BCUT2D eigenvalue weighted by molar-refractivity contribution is 9.10. The molecule has 1 N–H and O–H groups in total. The Morgan fingerprint density at radius 2 is 1.70 bits per heavy atom. The van der Waals surface area contributed by atoms with Gasteiger partial charge in [0.15, 0.2) is 0 Å². The van der Waals surface area contributed by atoms with E-state index in [1.54, 1.807) is 25.1 Å². The third-order valence-electron chi connectivity index (χ3n) is 5.71. The molecule has 0 aromatic heterocycles. The lowest BCUT2D eigenvalue weighted by Crippen LogP contribution is -2.50. The number of nitrogens with one attached hydrogen (secondary N) is 1. The molecule has 3 rings (SSSR count). The predicted octanol–water partition coefficient (Wildman–Crippen LogP) is 4.47. The lowest BCUT2D eigenvalue weighted by molar-refractivity contribution is -0.139. The lowest BCUT2D eigenvalue weighted by Gasteiger charge is -2.32. The van der Waals surface area contributed by atoms with Gasteiger partial charge in [-0.25, -0.2) is 8.42 Å². The molecule has 11 heteroatoms. The van der Waals surface area contributed by atoms with E-state index in [9.17, 15) is 18.0 Å². The van der Waals surface area contributed by atoms with Crippen molar-refractivity contribution >= 4 is 55.1 Å². The van der Waals surface area contributed by atoms with Crippen LogP contribution in [0.4, 0.5) is 5.69 Å². The average molecular weight is 609 g/mol. The van der Waals surface area contributed by atoms with Gasteiger partial charge >= 0.3 is 0 Å². The zero-order valence-corrected chi connectivity index (χ0v) is 23.7. The Labute approximate surface area is 230 Å². The number of carbonyl (C=O) groups is 2. The zero-order valence-electron chi connectivity index (χ0n) is 20.5. The number of hydrogen-bond donors (Lipinski definition) is 1. The van der Waals surface area contributed by atoms with E-state index in [1.165, 1.54) is 49.4 Å². The summed E-state index contributed by atoms with van der Waals surface area (Å²) in [5.41, 5.74) is 0.955. The van der Waals surface area contributed by atoms with Crippen molar-refractivity contribution in [2.24, 2.45) is 0 Å². The Balaban J connectivity index is 2.05. The maximum Gasteiger partial charge on any atom is 0.264 e. The summed E-state index contributed by atoms with van der Waals surface area (Å²) in [6.07, 6.45) is 0. The Kier molecular flexibility index (Phi) is 9.58. The van der Waals surface area contributed by atoms with Crippen LogP contribution in [0.15, 0.2) is 82.2 Å². The highest BCUT2D eigenvalue weighted by atomic mass is 79.9. The molecule has 0 bridgehead atoms. The van der Waals surface area contributed by atoms with Crippen LogP contribution in [0.25, 0.3) is 0 Å². The van der Waals surface area contributed by atoms with Gasteiger partial charge in [-0.1, -0.05) is 57.9 Å². The molecular formula is C26H27BrClN3O5S. The fourth-order valence-corrected chi connectivity index (χ4v) is 5.58. The number of ether oxygens (including phenoxy) is 1. The van der Waals surface area contributed by atoms with Gasteiger partial charge in [0.1, 0.15) is 18.3 Å². The van der Waals surface area contributed by atoms with Crippen molar-refractivity contribution in [3.63, 3.8) is 0 Å². The van der Waals surface area contributed by atoms with Crippen LogP contribution >= 0.6 is 27.5 Å². The van der Waals surface area contributed by atoms with E-state index >= 15 is 0 Å². The molecule has 3 aromatic carbocycles. The predicted molar refractivity (Wildman–Crippen MR) is 147 cm³/mol. The van der Waals surface area contributed by atoms with Crippen molar-refractivity contribution in [1.82, 2.24) is 10.2 Å². The number of hydrogen-bond acceptors (Lipinski definition) is 5. The van der Waals surface area contributed by atoms with Crippen LogP contribution in [0.2, 0.25) is 5.02 Å². The minimum Gasteiger partial charge on any atom is -0.495 e. The van der Waals surface area contributed by atoms with Crippen molar-refractivity contribution < 1.29 is 22.7 Å². The van der Waals surface area contributed by atoms with Gasteiger partial charge in [0, 0.05) is 18.1 Å². The molecule has 0 unspecified atom stereocenters. The topological polar surface area (TPSA) is 96.0 Å². The van der Waals surface area contributed by atoms with Crippen molar-refractivity contribution in [3.8, 4) is 5.75 Å². The highest BCUT2D eigenvalue weighted by Gasteiger charge is 2.32. The number of methoxy groups -OCH3 is 1. The van der Waals surface area contributed by atoms with Gasteiger partial charge in [0.2, 0.25) is 11.8 Å². The summed E-state index contributed by atoms with van der Waals surface area (Å²) in [7, 11) is -1.24. The molecule has 196 valence electrons. The highest BCUT2D eigenvalue weighted by Crippen LogP contribution is 2.32. The third-order valence-corrected chi connectivity index (χ3v) is 8.33. The number of nitrogens with zero attached hydrogens (tertiary/aromatic N) is 2. The second kappa shape index (κ2) is 12.4. The maximum absolute atomic E-state index is 13.7. The minimum absolute atomic E-state index is 0.00792.